The van der Waals surface area contributed by atoms with Crippen LogP contribution in [-0.2, 0) is 6.18 Å². The Hall–Kier alpha value is -1.26. The van der Waals surface area contributed by atoms with E-state index in [0.29, 0.717) is 0 Å². The number of nitrogens with zero attached hydrogens (tertiary/aromatic N) is 1. The molecule has 0 saturated heterocycles. The largest absolute Gasteiger partial charge is 0.478 e. The number of rotatable bonds is 2. The zero-order chi connectivity index (χ0) is 9.90. The normalized spacial score (nSPS) is 11.4. The van der Waals surface area contributed by atoms with E-state index in [4.69, 9.17) is 4.74 Å². The predicted octanol–water partition coefficient (Wildman–Crippen LogP) is 2.30. The molecule has 13 heavy (non-hydrogen) atoms. The minimum Gasteiger partial charge on any atom is -0.478 e. The monoisotopic (exact) mass is 190 g/mol. The van der Waals surface area contributed by atoms with Crippen molar-refractivity contribution in [1.82, 2.24) is 4.98 Å². The fourth-order valence-corrected chi connectivity index (χ4v) is 0.803. The highest BCUT2D eigenvalue weighted by Crippen LogP contribution is 2.34. The maximum Gasteiger partial charge on any atom is 0.421 e. The first-order valence-corrected chi connectivity index (χ1v) is 3.61. The molecule has 1 heterocycles. The lowest BCUT2D eigenvalue weighted by Gasteiger charge is -2.10. The number of alkyl halides is 3. The van der Waals surface area contributed by atoms with E-state index in [1.165, 1.54) is 0 Å². The molecule has 71 valence electrons. The molecule has 0 unspecified atom stereocenters. The van der Waals surface area contributed by atoms with E-state index in [-0.39, 0.29) is 6.61 Å². The molecule has 0 aromatic carbocycles. The van der Waals surface area contributed by atoms with Gasteiger partial charge in [-0.05, 0) is 13.0 Å². The first-order chi connectivity index (χ1) is 6.05. The quantitative estimate of drug-likeness (QED) is 0.713. The highest BCUT2D eigenvalue weighted by molar-refractivity contribution is 5.27. The second-order valence-electron chi connectivity index (χ2n) is 2.22. The van der Waals surface area contributed by atoms with Crippen LogP contribution in [0.2, 0.25) is 0 Å². The summed E-state index contributed by atoms with van der Waals surface area (Å²) in [7, 11) is 0. The van der Waals surface area contributed by atoms with Gasteiger partial charge in [-0.25, -0.2) is 4.98 Å². The van der Waals surface area contributed by atoms with Crippen molar-refractivity contribution in [1.29, 1.82) is 0 Å². The zero-order valence-electron chi connectivity index (χ0n) is 6.85. The summed E-state index contributed by atoms with van der Waals surface area (Å²) in [5, 5.41) is 0. The molecule has 0 bridgehead atoms. The molecule has 0 aliphatic heterocycles. The summed E-state index contributed by atoms with van der Waals surface area (Å²) >= 11 is 0. The Morgan fingerprint density at radius 1 is 1.54 bits per heavy atom. The standard InChI is InChI=1S/C8H7F3NO/c1-2-13-7-6(8(9,10)11)4-3-5-12-7/h4-5H,2H2,1H3. The molecule has 0 aliphatic rings. The second-order valence-corrected chi connectivity index (χ2v) is 2.22. The highest BCUT2D eigenvalue weighted by atomic mass is 19.4. The molecule has 0 spiro atoms. The Morgan fingerprint density at radius 2 is 2.23 bits per heavy atom. The van der Waals surface area contributed by atoms with Crippen molar-refractivity contribution in [3.63, 3.8) is 0 Å². The first-order valence-electron chi connectivity index (χ1n) is 3.61. The summed E-state index contributed by atoms with van der Waals surface area (Å²) in [6.45, 7) is 1.75. The molecule has 0 N–H and O–H groups in total. The Kier molecular flexibility index (Phi) is 2.75. The lowest BCUT2D eigenvalue weighted by Crippen LogP contribution is -2.09. The fraction of sp³-hybridized carbons (Fsp3) is 0.375. The maximum absolute atomic E-state index is 12.2. The molecule has 1 aromatic rings. The number of hydrogen-bond acceptors (Lipinski definition) is 2. The Morgan fingerprint density at radius 3 is 2.77 bits per heavy atom. The van der Waals surface area contributed by atoms with E-state index >= 15 is 0 Å². The minimum absolute atomic E-state index is 0.153. The molecular weight excluding hydrogens is 183 g/mol. The topological polar surface area (TPSA) is 22.1 Å². The summed E-state index contributed by atoms with van der Waals surface area (Å²) in [5.74, 6) is -0.395. The average molecular weight is 190 g/mol. The van der Waals surface area contributed by atoms with Gasteiger partial charge in [0.05, 0.1) is 6.61 Å². The second kappa shape index (κ2) is 3.64. The van der Waals surface area contributed by atoms with Crippen LogP contribution in [0.15, 0.2) is 12.3 Å². The third-order valence-electron chi connectivity index (χ3n) is 1.30. The molecule has 2 nitrogen and oxygen atoms in total. The van der Waals surface area contributed by atoms with Gasteiger partial charge in [0.15, 0.2) is 0 Å². The van der Waals surface area contributed by atoms with Crippen LogP contribution in [-0.4, -0.2) is 11.6 Å². The van der Waals surface area contributed by atoms with Crippen molar-refractivity contribution in [2.75, 3.05) is 6.61 Å². The lowest BCUT2D eigenvalue weighted by molar-refractivity contribution is -0.139. The predicted molar refractivity (Wildman–Crippen MR) is 39.2 cm³/mol. The van der Waals surface area contributed by atoms with E-state index in [1.54, 1.807) is 6.92 Å². The first kappa shape index (κ1) is 9.83. The SMILES string of the molecule is CCOc1nc[c]cc1C(F)(F)F. The molecule has 0 aliphatic carbocycles. The van der Waals surface area contributed by atoms with Gasteiger partial charge in [0.1, 0.15) is 5.56 Å². The molecule has 1 radical (unpaired) electrons. The van der Waals surface area contributed by atoms with Crippen LogP contribution in [0.25, 0.3) is 0 Å². The molecule has 0 saturated carbocycles. The Labute approximate surface area is 73.4 Å². The number of ether oxygens (including phenoxy) is 1. The van der Waals surface area contributed by atoms with E-state index in [0.717, 1.165) is 12.3 Å². The van der Waals surface area contributed by atoms with Crippen LogP contribution in [0, 0.1) is 6.07 Å². The average Bonchev–Trinajstić information content (AvgIpc) is 2.04. The summed E-state index contributed by atoms with van der Waals surface area (Å²) in [4.78, 5) is 3.44. The minimum atomic E-state index is -4.44. The van der Waals surface area contributed by atoms with Crippen molar-refractivity contribution in [3.05, 3.63) is 23.9 Å². The summed E-state index contributed by atoms with van der Waals surface area (Å²) in [6, 6.07) is 3.07. The van der Waals surface area contributed by atoms with E-state index in [2.05, 4.69) is 11.1 Å². The van der Waals surface area contributed by atoms with Crippen molar-refractivity contribution >= 4 is 0 Å². The fourth-order valence-electron chi connectivity index (χ4n) is 0.803. The number of hydrogen-bond donors (Lipinski definition) is 0. The van der Waals surface area contributed by atoms with Crippen LogP contribution in [0.3, 0.4) is 0 Å². The zero-order valence-corrected chi connectivity index (χ0v) is 6.85. The van der Waals surface area contributed by atoms with Crippen LogP contribution < -0.4 is 4.74 Å². The number of halogens is 3. The van der Waals surface area contributed by atoms with Gasteiger partial charge in [-0.15, -0.1) is 0 Å². The van der Waals surface area contributed by atoms with Crippen LogP contribution >= 0.6 is 0 Å². The number of aromatic nitrogens is 1. The van der Waals surface area contributed by atoms with Gasteiger partial charge in [-0.2, -0.15) is 13.2 Å². The Balaban J connectivity index is 3.05. The van der Waals surface area contributed by atoms with Crippen LogP contribution in [0.1, 0.15) is 12.5 Å². The van der Waals surface area contributed by atoms with Gasteiger partial charge in [-0.1, -0.05) is 0 Å². The molecule has 0 amide bonds. The van der Waals surface area contributed by atoms with Gasteiger partial charge < -0.3 is 4.74 Å². The van der Waals surface area contributed by atoms with Gasteiger partial charge in [-0.3, -0.25) is 0 Å². The molecule has 0 atom stereocenters. The van der Waals surface area contributed by atoms with Crippen LogP contribution in [0.5, 0.6) is 5.88 Å². The Bertz CT molecular complexity index is 285. The summed E-state index contributed by atoms with van der Waals surface area (Å²) in [5.41, 5.74) is -0.892. The van der Waals surface area contributed by atoms with E-state index < -0.39 is 17.6 Å². The third kappa shape index (κ3) is 2.34. The highest BCUT2D eigenvalue weighted by Gasteiger charge is 2.34. The summed E-state index contributed by atoms with van der Waals surface area (Å²) < 4.78 is 41.4. The van der Waals surface area contributed by atoms with Crippen LogP contribution in [0.4, 0.5) is 13.2 Å². The van der Waals surface area contributed by atoms with Crippen molar-refractivity contribution in [2.24, 2.45) is 0 Å². The molecule has 1 rings (SSSR count). The van der Waals surface area contributed by atoms with Crippen molar-refractivity contribution in [3.8, 4) is 5.88 Å². The maximum atomic E-state index is 12.2. The van der Waals surface area contributed by atoms with Crippen molar-refractivity contribution < 1.29 is 17.9 Å². The van der Waals surface area contributed by atoms with Gasteiger partial charge >= 0.3 is 6.18 Å². The van der Waals surface area contributed by atoms with Gasteiger partial charge in [0, 0.05) is 12.3 Å². The lowest BCUT2D eigenvalue weighted by atomic mass is 10.2. The smallest absolute Gasteiger partial charge is 0.421 e. The third-order valence-corrected chi connectivity index (χ3v) is 1.30. The molecular formula is C8H7F3NO. The van der Waals surface area contributed by atoms with E-state index in [9.17, 15) is 13.2 Å². The molecule has 5 heteroatoms. The van der Waals surface area contributed by atoms with Crippen molar-refractivity contribution in [2.45, 2.75) is 13.1 Å². The molecule has 1 aromatic heterocycles. The van der Waals surface area contributed by atoms with Gasteiger partial charge in [0.2, 0.25) is 5.88 Å². The molecule has 0 fully saturated rings. The number of pyridine rings is 1. The van der Waals surface area contributed by atoms with E-state index in [1.807, 2.05) is 0 Å². The van der Waals surface area contributed by atoms with Gasteiger partial charge in [0.25, 0.3) is 0 Å². The summed E-state index contributed by atoms with van der Waals surface area (Å²) in [6.07, 6.45) is -3.30.